The largest absolute Gasteiger partial charge is 0.395 e. The van der Waals surface area contributed by atoms with E-state index in [1.165, 1.54) is 0 Å². The summed E-state index contributed by atoms with van der Waals surface area (Å²) in [6.45, 7) is 0.379. The molecule has 0 bridgehead atoms. The number of fused-ring (bicyclic) bond motifs is 1. The van der Waals surface area contributed by atoms with Crippen LogP contribution in [0.15, 0.2) is 18.2 Å². The van der Waals surface area contributed by atoms with Gasteiger partial charge in [-0.3, -0.25) is 4.79 Å². The van der Waals surface area contributed by atoms with Gasteiger partial charge in [-0.15, -0.1) is 0 Å². The lowest BCUT2D eigenvalue weighted by Gasteiger charge is -2.15. The quantitative estimate of drug-likeness (QED) is 0.762. The van der Waals surface area contributed by atoms with E-state index >= 15 is 0 Å². The number of rotatable bonds is 3. The van der Waals surface area contributed by atoms with Gasteiger partial charge in [-0.2, -0.15) is 0 Å². The van der Waals surface area contributed by atoms with Gasteiger partial charge in [0.15, 0.2) is 0 Å². The number of carbonyl (C=O) groups excluding carboxylic acids is 1. The summed E-state index contributed by atoms with van der Waals surface area (Å²) in [6.07, 6.45) is 0.435. The molecule has 0 saturated heterocycles. The molecule has 0 aliphatic carbocycles. The van der Waals surface area contributed by atoms with Crippen LogP contribution in [0.3, 0.4) is 0 Å². The van der Waals surface area contributed by atoms with Gasteiger partial charge in [0.25, 0.3) is 0 Å². The third-order valence-electron chi connectivity index (χ3n) is 2.63. The number of aliphatic hydroxyl groups is 1. The molecule has 0 spiro atoms. The Labute approximate surface area is 88.5 Å². The van der Waals surface area contributed by atoms with Crippen molar-refractivity contribution < 1.29 is 9.90 Å². The van der Waals surface area contributed by atoms with Crippen molar-refractivity contribution in [2.24, 2.45) is 0 Å². The zero-order valence-corrected chi connectivity index (χ0v) is 8.66. The fraction of sp³-hybridized carbons (Fsp3) is 0.364. The Hall–Kier alpha value is -1.55. The molecule has 2 N–H and O–H groups in total. The number of aliphatic hydroxyl groups excluding tert-OH is 1. The second-order valence-corrected chi connectivity index (χ2v) is 3.54. The predicted octanol–water partition coefficient (Wildman–Crippen LogP) is 0.610. The fourth-order valence-corrected chi connectivity index (χ4v) is 1.88. The van der Waals surface area contributed by atoms with Crippen molar-refractivity contribution in [3.8, 4) is 0 Å². The molecule has 80 valence electrons. The lowest BCUT2D eigenvalue weighted by atomic mass is 10.1. The second-order valence-electron chi connectivity index (χ2n) is 3.54. The van der Waals surface area contributed by atoms with E-state index in [-0.39, 0.29) is 12.5 Å². The van der Waals surface area contributed by atoms with E-state index in [0.29, 0.717) is 13.0 Å². The van der Waals surface area contributed by atoms with Crippen LogP contribution in [0.4, 0.5) is 11.4 Å². The van der Waals surface area contributed by atoms with Crippen LogP contribution in [-0.2, 0) is 11.2 Å². The van der Waals surface area contributed by atoms with Gasteiger partial charge >= 0.3 is 0 Å². The Morgan fingerprint density at radius 1 is 1.53 bits per heavy atom. The van der Waals surface area contributed by atoms with Crippen LogP contribution in [-0.4, -0.2) is 31.2 Å². The SMILES string of the molecule is CNc1ccc2c(c1)CC(=O)N2CCO. The first kappa shape index (κ1) is 9.98. The molecular formula is C11H14N2O2. The van der Waals surface area contributed by atoms with Gasteiger partial charge in [0.2, 0.25) is 5.91 Å². The second kappa shape index (κ2) is 3.90. The molecule has 4 nitrogen and oxygen atoms in total. The minimum absolute atomic E-state index is 0.00103. The molecule has 1 amide bonds. The van der Waals surface area contributed by atoms with E-state index in [2.05, 4.69) is 5.32 Å². The minimum atomic E-state index is -0.00103. The lowest BCUT2D eigenvalue weighted by molar-refractivity contribution is -0.117. The monoisotopic (exact) mass is 206 g/mol. The Balaban J connectivity index is 2.34. The highest BCUT2D eigenvalue weighted by atomic mass is 16.3. The predicted molar refractivity (Wildman–Crippen MR) is 59.1 cm³/mol. The molecule has 15 heavy (non-hydrogen) atoms. The average Bonchev–Trinajstić information content (AvgIpc) is 2.55. The Morgan fingerprint density at radius 3 is 3.00 bits per heavy atom. The molecule has 0 saturated carbocycles. The standard InChI is InChI=1S/C11H14N2O2/c1-12-9-2-3-10-8(6-9)7-11(15)13(10)4-5-14/h2-3,6,12,14H,4-5,7H2,1H3. The molecule has 0 fully saturated rings. The summed E-state index contributed by atoms with van der Waals surface area (Å²) in [5.41, 5.74) is 2.96. The molecule has 0 radical (unpaired) electrons. The van der Waals surface area contributed by atoms with E-state index in [9.17, 15) is 4.79 Å². The Morgan fingerprint density at radius 2 is 2.33 bits per heavy atom. The van der Waals surface area contributed by atoms with Gasteiger partial charge in [-0.25, -0.2) is 0 Å². The highest BCUT2D eigenvalue weighted by Gasteiger charge is 2.26. The topological polar surface area (TPSA) is 52.6 Å². The van der Waals surface area contributed by atoms with Crippen LogP contribution in [0.5, 0.6) is 0 Å². The summed E-state index contributed by atoms with van der Waals surface area (Å²) in [5, 5.41) is 11.9. The first-order valence-corrected chi connectivity index (χ1v) is 4.98. The number of anilines is 2. The number of carbonyl (C=O) groups is 1. The van der Waals surface area contributed by atoms with Crippen molar-refractivity contribution in [3.05, 3.63) is 23.8 Å². The molecule has 0 atom stereocenters. The average molecular weight is 206 g/mol. The normalized spacial score (nSPS) is 14.3. The van der Waals surface area contributed by atoms with Crippen molar-refractivity contribution in [2.45, 2.75) is 6.42 Å². The van der Waals surface area contributed by atoms with Crippen LogP contribution in [0.1, 0.15) is 5.56 Å². The maximum absolute atomic E-state index is 11.6. The van der Waals surface area contributed by atoms with E-state index in [0.717, 1.165) is 16.9 Å². The highest BCUT2D eigenvalue weighted by Crippen LogP contribution is 2.30. The van der Waals surface area contributed by atoms with E-state index in [4.69, 9.17) is 5.11 Å². The van der Waals surface area contributed by atoms with Crippen LogP contribution in [0, 0.1) is 0 Å². The summed E-state index contributed by atoms with van der Waals surface area (Å²) >= 11 is 0. The van der Waals surface area contributed by atoms with Crippen LogP contribution in [0.2, 0.25) is 0 Å². The number of hydrogen-bond donors (Lipinski definition) is 2. The highest BCUT2D eigenvalue weighted by molar-refractivity contribution is 6.01. The van der Waals surface area contributed by atoms with Crippen LogP contribution < -0.4 is 10.2 Å². The van der Waals surface area contributed by atoms with Crippen LogP contribution >= 0.6 is 0 Å². The van der Waals surface area contributed by atoms with Gasteiger partial charge in [-0.05, 0) is 23.8 Å². The molecule has 1 aromatic rings. The summed E-state index contributed by atoms with van der Waals surface area (Å²) in [5.74, 6) is 0.0623. The first-order valence-electron chi connectivity index (χ1n) is 4.98. The van der Waals surface area contributed by atoms with E-state index in [1.54, 1.807) is 4.90 Å². The molecule has 1 aliphatic heterocycles. The molecule has 2 rings (SSSR count). The molecule has 1 aromatic carbocycles. The molecule has 0 aromatic heterocycles. The number of β-amino-alcohol motifs (C(OH)–C–C–N with tert-alkyl or cyclic N) is 1. The molecule has 4 heteroatoms. The summed E-state index contributed by atoms with van der Waals surface area (Å²) < 4.78 is 0. The number of amides is 1. The third-order valence-corrected chi connectivity index (χ3v) is 2.63. The van der Waals surface area contributed by atoms with Gasteiger partial charge in [0.05, 0.1) is 13.0 Å². The Kier molecular flexibility index (Phi) is 2.60. The van der Waals surface area contributed by atoms with Crippen molar-refractivity contribution in [1.82, 2.24) is 0 Å². The first-order chi connectivity index (χ1) is 7.26. The maximum atomic E-state index is 11.6. The zero-order valence-electron chi connectivity index (χ0n) is 8.66. The van der Waals surface area contributed by atoms with Gasteiger partial charge in [0, 0.05) is 25.0 Å². The van der Waals surface area contributed by atoms with Crippen molar-refractivity contribution in [3.63, 3.8) is 0 Å². The molecule has 1 aliphatic rings. The van der Waals surface area contributed by atoms with Gasteiger partial charge < -0.3 is 15.3 Å². The number of nitrogens with zero attached hydrogens (tertiary/aromatic N) is 1. The Bertz CT molecular complexity index is 390. The smallest absolute Gasteiger partial charge is 0.231 e. The van der Waals surface area contributed by atoms with Crippen LogP contribution in [0.25, 0.3) is 0 Å². The molecular weight excluding hydrogens is 192 g/mol. The van der Waals surface area contributed by atoms with Crippen molar-refractivity contribution in [1.29, 1.82) is 0 Å². The lowest BCUT2D eigenvalue weighted by Crippen LogP contribution is -2.29. The summed E-state index contributed by atoms with van der Waals surface area (Å²) in [6, 6.07) is 5.83. The van der Waals surface area contributed by atoms with Crippen molar-refractivity contribution in [2.75, 3.05) is 30.4 Å². The van der Waals surface area contributed by atoms with Crippen molar-refractivity contribution >= 4 is 17.3 Å². The number of benzene rings is 1. The molecule has 0 unspecified atom stereocenters. The van der Waals surface area contributed by atoms with E-state index in [1.807, 2.05) is 25.2 Å². The zero-order chi connectivity index (χ0) is 10.8. The summed E-state index contributed by atoms with van der Waals surface area (Å²) in [7, 11) is 1.85. The van der Waals surface area contributed by atoms with Gasteiger partial charge in [-0.1, -0.05) is 0 Å². The fourth-order valence-electron chi connectivity index (χ4n) is 1.88. The third kappa shape index (κ3) is 1.68. The van der Waals surface area contributed by atoms with E-state index < -0.39 is 0 Å². The maximum Gasteiger partial charge on any atom is 0.231 e. The van der Waals surface area contributed by atoms with Gasteiger partial charge in [0.1, 0.15) is 0 Å². The minimum Gasteiger partial charge on any atom is -0.395 e. The number of hydrogen-bond acceptors (Lipinski definition) is 3. The molecule has 1 heterocycles. The summed E-state index contributed by atoms with van der Waals surface area (Å²) in [4.78, 5) is 13.2. The number of nitrogens with one attached hydrogen (secondary N) is 1.